The third-order valence-electron chi connectivity index (χ3n) is 6.73. The first-order chi connectivity index (χ1) is 14.5. The molecule has 1 aliphatic rings. The van der Waals surface area contributed by atoms with E-state index in [0.717, 1.165) is 41.2 Å². The smallest absolute Gasteiger partial charge is 0.194 e. The molecule has 158 valence electrons. The minimum atomic E-state index is -1.43. The van der Waals surface area contributed by atoms with Crippen LogP contribution in [0.5, 0.6) is 0 Å². The van der Waals surface area contributed by atoms with Crippen LogP contribution in [0.2, 0.25) is 0 Å². The Hall–Kier alpha value is -2.29. The molecule has 1 fully saturated rings. The Bertz CT molecular complexity index is 993. The molecule has 0 N–H and O–H groups in total. The van der Waals surface area contributed by atoms with E-state index in [1.165, 1.54) is 50.5 Å². The SMILES string of the molecule is CCCC1CCC(CCc2ccc3cc(-c4cc(F)c(F)c(F)c4)ccc3c2)CC1. The molecule has 0 atom stereocenters. The third kappa shape index (κ3) is 4.71. The summed E-state index contributed by atoms with van der Waals surface area (Å²) in [6.45, 7) is 2.28. The molecule has 0 radical (unpaired) electrons. The molecule has 3 heteroatoms. The van der Waals surface area contributed by atoms with Crippen molar-refractivity contribution in [3.63, 3.8) is 0 Å². The molecule has 0 aromatic heterocycles. The summed E-state index contributed by atoms with van der Waals surface area (Å²) in [4.78, 5) is 0. The van der Waals surface area contributed by atoms with Crippen molar-refractivity contribution in [2.75, 3.05) is 0 Å². The average molecular weight is 411 g/mol. The maximum atomic E-state index is 13.6. The highest BCUT2D eigenvalue weighted by molar-refractivity contribution is 5.87. The molecule has 0 spiro atoms. The van der Waals surface area contributed by atoms with Crippen molar-refractivity contribution in [1.29, 1.82) is 0 Å². The molecular weight excluding hydrogens is 381 g/mol. The predicted molar refractivity (Wildman–Crippen MR) is 118 cm³/mol. The number of rotatable bonds is 6. The van der Waals surface area contributed by atoms with E-state index < -0.39 is 17.5 Å². The fourth-order valence-electron chi connectivity index (χ4n) is 4.94. The normalized spacial score (nSPS) is 19.3. The van der Waals surface area contributed by atoms with Crippen LogP contribution in [-0.4, -0.2) is 0 Å². The molecule has 3 aromatic rings. The van der Waals surface area contributed by atoms with Crippen molar-refractivity contribution in [3.8, 4) is 11.1 Å². The second kappa shape index (κ2) is 9.24. The van der Waals surface area contributed by atoms with Gasteiger partial charge in [-0.2, -0.15) is 0 Å². The summed E-state index contributed by atoms with van der Waals surface area (Å²) in [5.41, 5.74) is 2.36. The van der Waals surface area contributed by atoms with Crippen LogP contribution in [0.3, 0.4) is 0 Å². The number of benzene rings is 3. The monoisotopic (exact) mass is 410 g/mol. The van der Waals surface area contributed by atoms with Crippen LogP contribution in [0.4, 0.5) is 13.2 Å². The summed E-state index contributed by atoms with van der Waals surface area (Å²) in [6.07, 6.45) is 10.5. The van der Waals surface area contributed by atoms with Gasteiger partial charge in [-0.15, -0.1) is 0 Å². The number of hydrogen-bond acceptors (Lipinski definition) is 0. The maximum absolute atomic E-state index is 13.6. The van der Waals surface area contributed by atoms with E-state index in [4.69, 9.17) is 0 Å². The Balaban J connectivity index is 1.43. The van der Waals surface area contributed by atoms with Gasteiger partial charge in [0, 0.05) is 0 Å². The fraction of sp³-hybridized carbons (Fsp3) is 0.407. The van der Waals surface area contributed by atoms with Gasteiger partial charge in [0.25, 0.3) is 0 Å². The third-order valence-corrected chi connectivity index (χ3v) is 6.73. The predicted octanol–water partition coefficient (Wildman–Crippen LogP) is 8.46. The summed E-state index contributed by atoms with van der Waals surface area (Å²) < 4.78 is 40.4. The zero-order valence-electron chi connectivity index (χ0n) is 17.6. The Morgan fingerprint density at radius 1 is 0.700 bits per heavy atom. The summed E-state index contributed by atoms with van der Waals surface area (Å²) in [6, 6.07) is 14.3. The molecule has 3 aromatic carbocycles. The van der Waals surface area contributed by atoms with Gasteiger partial charge in [0.2, 0.25) is 0 Å². The van der Waals surface area contributed by atoms with Crippen LogP contribution in [0.1, 0.15) is 57.4 Å². The lowest BCUT2D eigenvalue weighted by Gasteiger charge is -2.28. The van der Waals surface area contributed by atoms with Gasteiger partial charge < -0.3 is 0 Å². The van der Waals surface area contributed by atoms with E-state index in [1.807, 2.05) is 18.2 Å². The van der Waals surface area contributed by atoms with Gasteiger partial charge in [-0.25, -0.2) is 13.2 Å². The second-order valence-corrected chi connectivity index (χ2v) is 8.86. The van der Waals surface area contributed by atoms with Crippen molar-refractivity contribution in [1.82, 2.24) is 0 Å². The molecule has 30 heavy (non-hydrogen) atoms. The molecule has 1 aliphatic carbocycles. The summed E-state index contributed by atoms with van der Waals surface area (Å²) in [5.74, 6) is -1.96. The lowest BCUT2D eigenvalue weighted by molar-refractivity contribution is 0.252. The van der Waals surface area contributed by atoms with Crippen molar-refractivity contribution in [2.45, 2.75) is 58.3 Å². The Morgan fingerprint density at radius 3 is 1.97 bits per heavy atom. The highest BCUT2D eigenvalue weighted by Crippen LogP contribution is 2.34. The van der Waals surface area contributed by atoms with Gasteiger partial charge in [0.15, 0.2) is 17.5 Å². The van der Waals surface area contributed by atoms with E-state index >= 15 is 0 Å². The van der Waals surface area contributed by atoms with E-state index in [0.29, 0.717) is 11.1 Å². The van der Waals surface area contributed by atoms with E-state index in [9.17, 15) is 13.2 Å². The molecular formula is C27H29F3. The van der Waals surface area contributed by atoms with E-state index in [-0.39, 0.29) is 0 Å². The van der Waals surface area contributed by atoms with Gasteiger partial charge in [-0.1, -0.05) is 75.8 Å². The van der Waals surface area contributed by atoms with E-state index in [1.54, 1.807) is 0 Å². The van der Waals surface area contributed by atoms with Crippen molar-refractivity contribution in [3.05, 3.63) is 71.5 Å². The van der Waals surface area contributed by atoms with E-state index in [2.05, 4.69) is 25.1 Å². The van der Waals surface area contributed by atoms with Gasteiger partial charge in [-0.3, -0.25) is 0 Å². The molecule has 0 heterocycles. The standard InChI is InChI=1S/C27H29F3/c1-2-3-18-4-6-19(7-5-18)8-9-20-10-11-22-15-23(13-12-21(22)14-20)24-16-25(28)27(30)26(29)17-24/h10-19H,2-9H2,1H3. The number of aryl methyl sites for hydroxylation is 1. The Kier molecular flexibility index (Phi) is 6.46. The van der Waals surface area contributed by atoms with Crippen LogP contribution in [-0.2, 0) is 6.42 Å². The minimum Gasteiger partial charge on any atom is -0.204 e. The van der Waals surface area contributed by atoms with Crippen LogP contribution in [0.15, 0.2) is 48.5 Å². The van der Waals surface area contributed by atoms with Gasteiger partial charge >= 0.3 is 0 Å². The van der Waals surface area contributed by atoms with Crippen LogP contribution < -0.4 is 0 Å². The zero-order valence-corrected chi connectivity index (χ0v) is 17.6. The quantitative estimate of drug-likeness (QED) is 0.358. The van der Waals surface area contributed by atoms with Gasteiger partial charge in [0.1, 0.15) is 0 Å². The maximum Gasteiger partial charge on any atom is 0.194 e. The first-order valence-corrected chi connectivity index (χ1v) is 11.2. The molecule has 4 rings (SSSR count). The lowest BCUT2D eigenvalue weighted by atomic mass is 9.78. The number of fused-ring (bicyclic) bond motifs is 1. The Labute approximate surface area is 177 Å². The number of hydrogen-bond donors (Lipinski definition) is 0. The van der Waals surface area contributed by atoms with Crippen LogP contribution >= 0.6 is 0 Å². The van der Waals surface area contributed by atoms with Crippen LogP contribution in [0, 0.1) is 29.3 Å². The highest BCUT2D eigenvalue weighted by atomic mass is 19.2. The molecule has 0 nitrogen and oxygen atoms in total. The highest BCUT2D eigenvalue weighted by Gasteiger charge is 2.20. The molecule has 0 aliphatic heterocycles. The van der Waals surface area contributed by atoms with Gasteiger partial charge in [0.05, 0.1) is 0 Å². The fourth-order valence-corrected chi connectivity index (χ4v) is 4.94. The number of halogens is 3. The second-order valence-electron chi connectivity index (χ2n) is 8.86. The van der Waals surface area contributed by atoms with Crippen molar-refractivity contribution >= 4 is 10.8 Å². The van der Waals surface area contributed by atoms with Crippen molar-refractivity contribution < 1.29 is 13.2 Å². The molecule has 0 amide bonds. The lowest BCUT2D eigenvalue weighted by Crippen LogP contribution is -2.15. The first kappa shape index (κ1) is 21.0. The summed E-state index contributed by atoms with van der Waals surface area (Å²) in [7, 11) is 0. The summed E-state index contributed by atoms with van der Waals surface area (Å²) in [5, 5.41) is 2.13. The summed E-state index contributed by atoms with van der Waals surface area (Å²) >= 11 is 0. The molecule has 1 saturated carbocycles. The van der Waals surface area contributed by atoms with Crippen molar-refractivity contribution in [2.24, 2.45) is 11.8 Å². The topological polar surface area (TPSA) is 0 Å². The molecule has 0 bridgehead atoms. The van der Waals surface area contributed by atoms with Crippen LogP contribution in [0.25, 0.3) is 21.9 Å². The molecule has 0 saturated heterocycles. The Morgan fingerprint density at radius 2 is 1.30 bits per heavy atom. The zero-order chi connectivity index (χ0) is 21.1. The largest absolute Gasteiger partial charge is 0.204 e. The average Bonchev–Trinajstić information content (AvgIpc) is 2.76. The van der Waals surface area contributed by atoms with Gasteiger partial charge in [-0.05, 0) is 70.3 Å². The first-order valence-electron chi connectivity index (χ1n) is 11.2. The molecule has 0 unspecified atom stereocenters. The minimum absolute atomic E-state index is 0.344.